The predicted octanol–water partition coefficient (Wildman–Crippen LogP) is 3.30. The maximum atomic E-state index is 6.87. The average Bonchev–Trinajstić information content (AvgIpc) is 2.05. The monoisotopic (exact) mass is 165 g/mol. The first kappa shape index (κ1) is 8.71. The van der Waals surface area contributed by atoms with E-state index in [1.54, 1.807) is 6.07 Å². The molecule has 0 aromatic heterocycles. The third kappa shape index (κ3) is 1.61. The summed E-state index contributed by atoms with van der Waals surface area (Å²) < 4.78 is 0. The topological polar surface area (TPSA) is 62.2 Å². The van der Waals surface area contributed by atoms with E-state index in [0.29, 0.717) is 17.3 Å². The van der Waals surface area contributed by atoms with Crippen molar-refractivity contribution >= 4 is 11.4 Å². The molecule has 1 aromatic rings. The minimum Gasteiger partial charge on any atom is -0.397 e. The zero-order chi connectivity index (χ0) is 9.14. The molecule has 12 heavy (non-hydrogen) atoms. The van der Waals surface area contributed by atoms with E-state index in [9.17, 15) is 0 Å². The molecule has 0 saturated carbocycles. The maximum Gasteiger partial charge on any atom is 0.108 e. The second-order valence-electron chi connectivity index (χ2n) is 3.08. The molecule has 1 aromatic carbocycles. The summed E-state index contributed by atoms with van der Waals surface area (Å²) in [6.07, 6.45) is 0. The average molecular weight is 165 g/mol. The molecule has 3 nitrogen and oxygen atoms in total. The molecule has 0 radical (unpaired) electrons. The summed E-state index contributed by atoms with van der Waals surface area (Å²) >= 11 is 0. The Morgan fingerprint density at radius 3 is 2.67 bits per heavy atom. The number of benzene rings is 1. The third-order valence-electron chi connectivity index (χ3n) is 1.84. The van der Waals surface area contributed by atoms with Crippen LogP contribution >= 0.6 is 0 Å². The Kier molecular flexibility index (Phi) is 2.43. The van der Waals surface area contributed by atoms with Crippen LogP contribution in [0.4, 0.5) is 11.4 Å². The molecule has 0 aliphatic rings. The SMILES string of the molecule is CC(C)c1ccc(N)c(N=N)c1.[HH]. The quantitative estimate of drug-likeness (QED) is 0.512. The van der Waals surface area contributed by atoms with Crippen LogP contribution in [0.2, 0.25) is 0 Å². The fraction of sp³-hybridized carbons (Fsp3) is 0.333. The lowest BCUT2D eigenvalue weighted by atomic mass is 10.0. The molecule has 0 bridgehead atoms. The summed E-state index contributed by atoms with van der Waals surface area (Å²) in [7, 11) is 0. The normalized spacial score (nSPS) is 10.2. The van der Waals surface area contributed by atoms with E-state index >= 15 is 0 Å². The number of nitrogens with zero attached hydrogens (tertiary/aromatic N) is 1. The number of nitrogens with two attached hydrogens (primary N) is 1. The van der Waals surface area contributed by atoms with Crippen LogP contribution in [0.3, 0.4) is 0 Å². The molecular formula is C9H15N3. The van der Waals surface area contributed by atoms with Crippen LogP contribution in [0.25, 0.3) is 0 Å². The van der Waals surface area contributed by atoms with Gasteiger partial charge in [-0.1, -0.05) is 19.9 Å². The van der Waals surface area contributed by atoms with Gasteiger partial charge in [0, 0.05) is 1.43 Å². The number of rotatable bonds is 2. The van der Waals surface area contributed by atoms with E-state index < -0.39 is 0 Å². The van der Waals surface area contributed by atoms with Gasteiger partial charge in [-0.2, -0.15) is 5.11 Å². The standard InChI is InChI=1S/C9H13N3.H2/c1-6(2)7-3-4-8(10)9(5-7)12-11;/h3-6,11H,10H2,1-2H3;1H. The molecule has 3 N–H and O–H groups in total. The highest BCUT2D eigenvalue weighted by molar-refractivity contribution is 5.63. The minimum atomic E-state index is 0. The van der Waals surface area contributed by atoms with Crippen molar-refractivity contribution in [2.45, 2.75) is 19.8 Å². The van der Waals surface area contributed by atoms with Crippen LogP contribution < -0.4 is 5.73 Å². The molecule has 66 valence electrons. The molecule has 3 heteroatoms. The molecule has 0 aliphatic heterocycles. The van der Waals surface area contributed by atoms with Gasteiger partial charge < -0.3 is 5.73 Å². The Hall–Kier alpha value is -1.38. The Bertz CT molecular complexity index is 297. The van der Waals surface area contributed by atoms with Gasteiger partial charge in [0.15, 0.2) is 0 Å². The second-order valence-corrected chi connectivity index (χ2v) is 3.08. The van der Waals surface area contributed by atoms with Gasteiger partial charge in [0.2, 0.25) is 0 Å². The Labute approximate surface area is 73.6 Å². The molecule has 0 fully saturated rings. The molecule has 0 spiro atoms. The molecule has 1 rings (SSSR count). The predicted molar refractivity (Wildman–Crippen MR) is 51.9 cm³/mol. The van der Waals surface area contributed by atoms with E-state index in [2.05, 4.69) is 19.0 Å². The second kappa shape index (κ2) is 3.34. The van der Waals surface area contributed by atoms with Crippen molar-refractivity contribution in [3.63, 3.8) is 0 Å². The highest BCUT2D eigenvalue weighted by atomic mass is 15.0. The molecule has 0 atom stereocenters. The number of hydrogen-bond donors (Lipinski definition) is 2. The van der Waals surface area contributed by atoms with E-state index in [4.69, 9.17) is 11.3 Å². The number of anilines is 1. The Morgan fingerprint density at radius 1 is 1.50 bits per heavy atom. The van der Waals surface area contributed by atoms with Crippen LogP contribution in [-0.2, 0) is 0 Å². The highest BCUT2D eigenvalue weighted by Gasteiger charge is 2.02. The fourth-order valence-electron chi connectivity index (χ4n) is 1.02. The van der Waals surface area contributed by atoms with E-state index in [1.807, 2.05) is 12.1 Å². The molecule has 0 aliphatic carbocycles. The van der Waals surface area contributed by atoms with Crippen LogP contribution in [0.15, 0.2) is 23.3 Å². The van der Waals surface area contributed by atoms with Crippen molar-refractivity contribution in [1.82, 2.24) is 0 Å². The van der Waals surface area contributed by atoms with Crippen molar-refractivity contribution in [2.75, 3.05) is 5.73 Å². The minimum absolute atomic E-state index is 0. The highest BCUT2D eigenvalue weighted by Crippen LogP contribution is 2.26. The van der Waals surface area contributed by atoms with E-state index in [1.165, 1.54) is 0 Å². The van der Waals surface area contributed by atoms with Crippen LogP contribution in [0, 0.1) is 5.53 Å². The first-order valence-corrected chi connectivity index (χ1v) is 3.92. The molecule has 0 amide bonds. The van der Waals surface area contributed by atoms with Crippen molar-refractivity contribution in [2.24, 2.45) is 5.11 Å². The first-order valence-electron chi connectivity index (χ1n) is 3.92. The third-order valence-corrected chi connectivity index (χ3v) is 1.84. The van der Waals surface area contributed by atoms with E-state index in [-0.39, 0.29) is 1.43 Å². The molecule has 0 heterocycles. The molecule has 0 unspecified atom stereocenters. The Morgan fingerprint density at radius 2 is 2.17 bits per heavy atom. The lowest BCUT2D eigenvalue weighted by Crippen LogP contribution is -1.90. The van der Waals surface area contributed by atoms with Gasteiger partial charge in [0.05, 0.1) is 5.69 Å². The van der Waals surface area contributed by atoms with Crippen molar-refractivity contribution in [3.05, 3.63) is 23.8 Å². The van der Waals surface area contributed by atoms with Gasteiger partial charge in [-0.15, -0.1) is 0 Å². The van der Waals surface area contributed by atoms with Crippen LogP contribution in [0.5, 0.6) is 0 Å². The zero-order valence-electron chi connectivity index (χ0n) is 7.33. The summed E-state index contributed by atoms with van der Waals surface area (Å²) in [5, 5.41) is 3.34. The fourth-order valence-corrected chi connectivity index (χ4v) is 1.02. The smallest absolute Gasteiger partial charge is 0.108 e. The lowest BCUT2D eigenvalue weighted by molar-refractivity contribution is 0.866. The maximum absolute atomic E-state index is 6.87. The zero-order valence-corrected chi connectivity index (χ0v) is 7.33. The van der Waals surface area contributed by atoms with Crippen LogP contribution in [0.1, 0.15) is 26.8 Å². The van der Waals surface area contributed by atoms with E-state index in [0.717, 1.165) is 5.56 Å². The van der Waals surface area contributed by atoms with Gasteiger partial charge in [0.1, 0.15) is 5.69 Å². The number of hydrogen-bond acceptors (Lipinski definition) is 3. The number of nitrogen functional groups attached to an aromatic ring is 1. The molecular weight excluding hydrogens is 150 g/mol. The summed E-state index contributed by atoms with van der Waals surface area (Å²) in [6.45, 7) is 4.19. The molecule has 0 saturated heterocycles. The lowest BCUT2D eigenvalue weighted by Gasteiger charge is -2.06. The summed E-state index contributed by atoms with van der Waals surface area (Å²) in [5.74, 6) is 0.450. The largest absolute Gasteiger partial charge is 0.397 e. The van der Waals surface area contributed by atoms with Crippen molar-refractivity contribution < 1.29 is 1.43 Å². The summed E-state index contributed by atoms with van der Waals surface area (Å²) in [4.78, 5) is 0. The van der Waals surface area contributed by atoms with Gasteiger partial charge >= 0.3 is 0 Å². The van der Waals surface area contributed by atoms with Crippen LogP contribution in [-0.4, -0.2) is 0 Å². The number of nitrogens with one attached hydrogen (secondary N) is 1. The Balaban J connectivity index is 0.00000144. The first-order chi connectivity index (χ1) is 5.65. The van der Waals surface area contributed by atoms with Gasteiger partial charge in [-0.25, -0.2) is 5.53 Å². The van der Waals surface area contributed by atoms with Crippen molar-refractivity contribution in [1.29, 1.82) is 5.53 Å². The van der Waals surface area contributed by atoms with Gasteiger partial charge in [-0.05, 0) is 23.6 Å². The summed E-state index contributed by atoms with van der Waals surface area (Å²) in [6, 6.07) is 5.62. The van der Waals surface area contributed by atoms with Crippen molar-refractivity contribution in [3.8, 4) is 0 Å². The van der Waals surface area contributed by atoms with Gasteiger partial charge in [0.25, 0.3) is 0 Å². The summed E-state index contributed by atoms with van der Waals surface area (Å²) in [5.41, 5.74) is 14.7. The van der Waals surface area contributed by atoms with Gasteiger partial charge in [-0.3, -0.25) is 0 Å².